The Hall–Kier alpha value is -3.28. The number of hydrogen-bond donors (Lipinski definition) is 2. The SMILES string of the molecule is Oc1cccc(Nc2ncc(Oc3cccc(N4CCCC4)c3)cn2)c1. The van der Waals surface area contributed by atoms with Gasteiger partial charge in [0.1, 0.15) is 11.5 Å². The van der Waals surface area contributed by atoms with Crippen LogP contribution in [0.1, 0.15) is 12.8 Å². The lowest BCUT2D eigenvalue weighted by atomic mass is 10.3. The van der Waals surface area contributed by atoms with Gasteiger partial charge in [0.15, 0.2) is 5.75 Å². The number of hydrogen-bond acceptors (Lipinski definition) is 6. The van der Waals surface area contributed by atoms with Gasteiger partial charge in [-0.15, -0.1) is 0 Å². The highest BCUT2D eigenvalue weighted by Gasteiger charge is 2.12. The van der Waals surface area contributed by atoms with E-state index in [4.69, 9.17) is 4.74 Å². The molecule has 0 saturated carbocycles. The third kappa shape index (κ3) is 3.85. The van der Waals surface area contributed by atoms with Crippen LogP contribution in [0.4, 0.5) is 17.3 Å². The molecule has 1 aliphatic rings. The maximum atomic E-state index is 9.50. The summed E-state index contributed by atoms with van der Waals surface area (Å²) in [6.07, 6.45) is 5.74. The first kappa shape index (κ1) is 16.2. The fraction of sp³-hybridized carbons (Fsp3) is 0.200. The number of anilines is 3. The van der Waals surface area contributed by atoms with Crippen LogP contribution >= 0.6 is 0 Å². The van der Waals surface area contributed by atoms with Gasteiger partial charge in [-0.1, -0.05) is 12.1 Å². The second-order valence-electron chi connectivity index (χ2n) is 6.21. The highest BCUT2D eigenvalue weighted by Crippen LogP contribution is 2.28. The van der Waals surface area contributed by atoms with Gasteiger partial charge in [-0.2, -0.15) is 0 Å². The molecule has 26 heavy (non-hydrogen) atoms. The quantitative estimate of drug-likeness (QED) is 0.716. The van der Waals surface area contributed by atoms with E-state index in [0.717, 1.165) is 24.5 Å². The van der Waals surface area contributed by atoms with Gasteiger partial charge in [-0.05, 0) is 37.1 Å². The molecule has 2 N–H and O–H groups in total. The first-order chi connectivity index (χ1) is 12.8. The first-order valence-electron chi connectivity index (χ1n) is 8.67. The number of aromatic nitrogens is 2. The van der Waals surface area contributed by atoms with Gasteiger partial charge >= 0.3 is 0 Å². The molecule has 0 amide bonds. The predicted molar refractivity (Wildman–Crippen MR) is 101 cm³/mol. The Morgan fingerprint density at radius 3 is 2.46 bits per heavy atom. The molecule has 0 spiro atoms. The average Bonchev–Trinajstić information content (AvgIpc) is 3.19. The van der Waals surface area contributed by atoms with Crippen molar-refractivity contribution in [2.45, 2.75) is 12.8 Å². The van der Waals surface area contributed by atoms with Gasteiger partial charge in [0.2, 0.25) is 5.95 Å². The topological polar surface area (TPSA) is 70.5 Å². The van der Waals surface area contributed by atoms with Crippen LogP contribution in [-0.4, -0.2) is 28.2 Å². The molecule has 2 heterocycles. The van der Waals surface area contributed by atoms with Crippen molar-refractivity contribution < 1.29 is 9.84 Å². The molecular weight excluding hydrogens is 328 g/mol. The van der Waals surface area contributed by atoms with E-state index in [0.29, 0.717) is 11.7 Å². The van der Waals surface area contributed by atoms with Crippen molar-refractivity contribution in [3.8, 4) is 17.2 Å². The van der Waals surface area contributed by atoms with E-state index in [9.17, 15) is 5.11 Å². The maximum absolute atomic E-state index is 9.50. The molecule has 2 aromatic carbocycles. The zero-order chi connectivity index (χ0) is 17.8. The highest BCUT2D eigenvalue weighted by atomic mass is 16.5. The normalized spacial score (nSPS) is 13.6. The van der Waals surface area contributed by atoms with Gasteiger partial charge in [-0.3, -0.25) is 0 Å². The average molecular weight is 348 g/mol. The number of aromatic hydroxyl groups is 1. The van der Waals surface area contributed by atoms with Crippen molar-refractivity contribution in [2.75, 3.05) is 23.3 Å². The molecule has 0 atom stereocenters. The molecule has 3 aromatic rings. The van der Waals surface area contributed by atoms with E-state index in [1.54, 1.807) is 30.6 Å². The Morgan fingerprint density at radius 1 is 0.923 bits per heavy atom. The number of nitrogens with zero attached hydrogens (tertiary/aromatic N) is 3. The smallest absolute Gasteiger partial charge is 0.227 e. The summed E-state index contributed by atoms with van der Waals surface area (Å²) in [5, 5.41) is 12.5. The molecule has 1 aliphatic heterocycles. The molecule has 0 unspecified atom stereocenters. The van der Waals surface area contributed by atoms with Crippen LogP contribution in [0.15, 0.2) is 60.9 Å². The van der Waals surface area contributed by atoms with Crippen molar-refractivity contribution in [1.82, 2.24) is 9.97 Å². The second-order valence-corrected chi connectivity index (χ2v) is 6.21. The molecule has 1 saturated heterocycles. The first-order valence-corrected chi connectivity index (χ1v) is 8.67. The lowest BCUT2D eigenvalue weighted by Gasteiger charge is -2.18. The van der Waals surface area contributed by atoms with E-state index in [-0.39, 0.29) is 5.75 Å². The monoisotopic (exact) mass is 348 g/mol. The van der Waals surface area contributed by atoms with Crippen LogP contribution in [0.5, 0.6) is 17.2 Å². The minimum atomic E-state index is 0.188. The third-order valence-electron chi connectivity index (χ3n) is 4.25. The van der Waals surface area contributed by atoms with Gasteiger partial charge < -0.3 is 20.1 Å². The van der Waals surface area contributed by atoms with Gasteiger partial charge in [0.25, 0.3) is 0 Å². The number of rotatable bonds is 5. The zero-order valence-corrected chi connectivity index (χ0v) is 14.3. The predicted octanol–water partition coefficient (Wildman–Crippen LogP) is 4.32. The molecule has 0 aliphatic carbocycles. The van der Waals surface area contributed by atoms with E-state index in [2.05, 4.69) is 26.3 Å². The lowest BCUT2D eigenvalue weighted by molar-refractivity contribution is 0.475. The van der Waals surface area contributed by atoms with Crippen molar-refractivity contribution in [3.63, 3.8) is 0 Å². The molecule has 132 valence electrons. The summed E-state index contributed by atoms with van der Waals surface area (Å²) in [7, 11) is 0. The van der Waals surface area contributed by atoms with Gasteiger partial charge in [-0.25, -0.2) is 9.97 Å². The maximum Gasteiger partial charge on any atom is 0.227 e. The van der Waals surface area contributed by atoms with Crippen molar-refractivity contribution >= 4 is 17.3 Å². The number of phenols is 1. The Balaban J connectivity index is 1.43. The molecule has 1 fully saturated rings. The van der Waals surface area contributed by atoms with Gasteiger partial charge in [0, 0.05) is 36.6 Å². The molecule has 6 nitrogen and oxygen atoms in total. The van der Waals surface area contributed by atoms with Crippen LogP contribution < -0.4 is 15.0 Å². The van der Waals surface area contributed by atoms with Crippen LogP contribution in [0.25, 0.3) is 0 Å². The van der Waals surface area contributed by atoms with Crippen LogP contribution in [-0.2, 0) is 0 Å². The number of nitrogens with one attached hydrogen (secondary N) is 1. The Morgan fingerprint density at radius 2 is 1.69 bits per heavy atom. The molecule has 6 heteroatoms. The summed E-state index contributed by atoms with van der Waals surface area (Å²) in [4.78, 5) is 10.9. The summed E-state index contributed by atoms with van der Waals surface area (Å²) >= 11 is 0. The largest absolute Gasteiger partial charge is 0.508 e. The van der Waals surface area contributed by atoms with Crippen LogP contribution in [0.3, 0.4) is 0 Å². The summed E-state index contributed by atoms with van der Waals surface area (Å²) in [6, 6.07) is 14.9. The fourth-order valence-corrected chi connectivity index (χ4v) is 3.00. The van der Waals surface area contributed by atoms with Crippen LogP contribution in [0.2, 0.25) is 0 Å². The summed E-state index contributed by atoms with van der Waals surface area (Å²) in [6.45, 7) is 2.20. The lowest BCUT2D eigenvalue weighted by Crippen LogP contribution is -2.17. The minimum absolute atomic E-state index is 0.188. The summed E-state index contributed by atoms with van der Waals surface area (Å²) in [5.41, 5.74) is 1.90. The van der Waals surface area contributed by atoms with Crippen LogP contribution in [0, 0.1) is 0 Å². The van der Waals surface area contributed by atoms with E-state index >= 15 is 0 Å². The molecule has 4 rings (SSSR count). The number of ether oxygens (including phenoxy) is 1. The third-order valence-corrected chi connectivity index (χ3v) is 4.25. The standard InChI is InChI=1S/C20H20N4O2/c25-17-7-3-5-15(11-17)23-20-21-13-19(14-22-20)26-18-8-4-6-16(12-18)24-9-1-2-10-24/h3-8,11-14,25H,1-2,9-10H2,(H,21,22,23). The van der Waals surface area contributed by atoms with Crippen molar-refractivity contribution in [3.05, 3.63) is 60.9 Å². The molecular formula is C20H20N4O2. The Bertz CT molecular complexity index is 877. The van der Waals surface area contributed by atoms with E-state index in [1.807, 2.05) is 24.3 Å². The second kappa shape index (κ2) is 7.31. The number of benzene rings is 2. The van der Waals surface area contributed by atoms with Crippen molar-refractivity contribution in [1.29, 1.82) is 0 Å². The number of phenolic OH excluding ortho intramolecular Hbond substituents is 1. The summed E-state index contributed by atoms with van der Waals surface area (Å²) < 4.78 is 5.88. The Labute approximate surface area is 152 Å². The van der Waals surface area contributed by atoms with Gasteiger partial charge in [0.05, 0.1) is 12.4 Å². The minimum Gasteiger partial charge on any atom is -0.508 e. The summed E-state index contributed by atoms with van der Waals surface area (Å²) in [5.74, 6) is 1.97. The highest BCUT2D eigenvalue weighted by molar-refractivity contribution is 5.56. The molecule has 0 radical (unpaired) electrons. The van der Waals surface area contributed by atoms with E-state index < -0.39 is 0 Å². The van der Waals surface area contributed by atoms with Crippen molar-refractivity contribution in [2.24, 2.45) is 0 Å². The Kier molecular flexibility index (Phi) is 4.55. The van der Waals surface area contributed by atoms with E-state index in [1.165, 1.54) is 18.5 Å². The zero-order valence-electron chi connectivity index (χ0n) is 14.3. The molecule has 0 bridgehead atoms. The molecule has 1 aromatic heterocycles. The fourth-order valence-electron chi connectivity index (χ4n) is 3.00.